The van der Waals surface area contributed by atoms with E-state index in [0.717, 1.165) is 9.96 Å². The molecule has 3 rings (SSSR count). The third kappa shape index (κ3) is 2.93. The number of benzene rings is 1. The van der Waals surface area contributed by atoms with Gasteiger partial charge in [-0.15, -0.1) is 0 Å². The minimum atomic E-state index is -0.747. The molecule has 0 N–H and O–H groups in total. The number of aromatic nitrogens is 2. The van der Waals surface area contributed by atoms with Gasteiger partial charge in [-0.1, -0.05) is 18.2 Å². The standard InChI is InChI=1S/C17H15FN4O3/c1-11(12-6-8-13(18)9-7-12)20(2)16-15(22(24)25)17(23)21-10-4-3-5-14(21)19-16/h3-11H,1-2H3. The molecule has 25 heavy (non-hydrogen) atoms. The van der Waals surface area contributed by atoms with Crippen molar-refractivity contribution in [2.75, 3.05) is 11.9 Å². The fourth-order valence-corrected chi connectivity index (χ4v) is 2.62. The van der Waals surface area contributed by atoms with Crippen LogP contribution in [-0.4, -0.2) is 21.4 Å². The van der Waals surface area contributed by atoms with Gasteiger partial charge in [0.25, 0.3) is 0 Å². The van der Waals surface area contributed by atoms with Crippen molar-refractivity contribution in [2.45, 2.75) is 13.0 Å². The molecule has 0 saturated heterocycles. The first-order valence-corrected chi connectivity index (χ1v) is 7.54. The zero-order chi connectivity index (χ0) is 18.1. The van der Waals surface area contributed by atoms with Gasteiger partial charge in [0.15, 0.2) is 0 Å². The highest BCUT2D eigenvalue weighted by atomic mass is 19.1. The van der Waals surface area contributed by atoms with Gasteiger partial charge in [0.1, 0.15) is 11.5 Å². The summed E-state index contributed by atoms with van der Waals surface area (Å²) in [4.78, 5) is 29.1. The summed E-state index contributed by atoms with van der Waals surface area (Å²) in [6.45, 7) is 1.80. The van der Waals surface area contributed by atoms with Crippen LogP contribution in [0.5, 0.6) is 0 Å². The van der Waals surface area contributed by atoms with E-state index in [2.05, 4.69) is 4.98 Å². The van der Waals surface area contributed by atoms with E-state index in [9.17, 15) is 19.3 Å². The van der Waals surface area contributed by atoms with Crippen LogP contribution in [0.4, 0.5) is 15.9 Å². The van der Waals surface area contributed by atoms with Crippen molar-refractivity contribution in [2.24, 2.45) is 0 Å². The van der Waals surface area contributed by atoms with Crippen molar-refractivity contribution >= 4 is 17.2 Å². The molecular weight excluding hydrogens is 327 g/mol. The van der Waals surface area contributed by atoms with Crippen LogP contribution in [0.2, 0.25) is 0 Å². The highest BCUT2D eigenvalue weighted by Crippen LogP contribution is 2.29. The Kier molecular flexibility index (Phi) is 4.18. The third-order valence-electron chi connectivity index (χ3n) is 4.14. The molecule has 0 aliphatic carbocycles. The van der Waals surface area contributed by atoms with E-state index in [4.69, 9.17) is 0 Å². The zero-order valence-electron chi connectivity index (χ0n) is 13.6. The number of halogens is 1. The van der Waals surface area contributed by atoms with E-state index in [-0.39, 0.29) is 17.7 Å². The Hall–Kier alpha value is -3.29. The Morgan fingerprint density at radius 2 is 1.92 bits per heavy atom. The lowest BCUT2D eigenvalue weighted by Crippen LogP contribution is -2.28. The topological polar surface area (TPSA) is 80.8 Å². The van der Waals surface area contributed by atoms with Crippen molar-refractivity contribution < 1.29 is 9.31 Å². The van der Waals surface area contributed by atoms with Gasteiger partial charge in [0.2, 0.25) is 5.82 Å². The average molecular weight is 342 g/mol. The number of hydrogen-bond donors (Lipinski definition) is 0. The number of nitro groups is 1. The van der Waals surface area contributed by atoms with Crippen LogP contribution in [-0.2, 0) is 0 Å². The normalized spacial score (nSPS) is 12.1. The summed E-state index contributed by atoms with van der Waals surface area (Å²) < 4.78 is 14.2. The fourth-order valence-electron chi connectivity index (χ4n) is 2.62. The Bertz CT molecular complexity index is 1000. The molecule has 1 unspecified atom stereocenters. The lowest BCUT2D eigenvalue weighted by molar-refractivity contribution is -0.385. The molecule has 1 aromatic carbocycles. The van der Waals surface area contributed by atoms with Gasteiger partial charge in [-0.2, -0.15) is 0 Å². The Morgan fingerprint density at radius 1 is 1.24 bits per heavy atom. The number of hydrogen-bond acceptors (Lipinski definition) is 5. The number of nitrogens with zero attached hydrogens (tertiary/aromatic N) is 4. The maximum atomic E-state index is 13.1. The monoisotopic (exact) mass is 342 g/mol. The zero-order valence-corrected chi connectivity index (χ0v) is 13.6. The van der Waals surface area contributed by atoms with E-state index in [0.29, 0.717) is 5.65 Å². The summed E-state index contributed by atoms with van der Waals surface area (Å²) >= 11 is 0. The predicted octanol–water partition coefficient (Wildman–Crippen LogP) is 2.94. The molecule has 0 spiro atoms. The molecule has 0 radical (unpaired) electrons. The summed E-state index contributed by atoms with van der Waals surface area (Å²) in [5.74, 6) is -0.398. The number of anilines is 1. The minimum absolute atomic E-state index is 0.0296. The van der Waals surface area contributed by atoms with Gasteiger partial charge in [-0.05, 0) is 36.8 Å². The van der Waals surface area contributed by atoms with Crippen LogP contribution >= 0.6 is 0 Å². The molecule has 3 aromatic rings. The number of rotatable bonds is 4. The van der Waals surface area contributed by atoms with E-state index >= 15 is 0 Å². The van der Waals surface area contributed by atoms with Gasteiger partial charge in [0, 0.05) is 13.2 Å². The smallest absolute Gasteiger partial charge is 0.347 e. The summed E-state index contributed by atoms with van der Waals surface area (Å²) in [5.41, 5.74) is -0.288. The Morgan fingerprint density at radius 3 is 2.56 bits per heavy atom. The molecule has 0 saturated carbocycles. The van der Waals surface area contributed by atoms with Gasteiger partial charge < -0.3 is 4.90 Å². The second kappa shape index (κ2) is 6.31. The molecule has 8 heteroatoms. The third-order valence-corrected chi connectivity index (χ3v) is 4.14. The van der Waals surface area contributed by atoms with Crippen LogP contribution in [0.1, 0.15) is 18.5 Å². The SMILES string of the molecule is CC(c1ccc(F)cc1)N(C)c1nc2ccccn2c(=O)c1[N+](=O)[O-]. The van der Waals surface area contributed by atoms with E-state index in [1.165, 1.54) is 18.3 Å². The van der Waals surface area contributed by atoms with Gasteiger partial charge in [0.05, 0.1) is 11.0 Å². The first kappa shape index (κ1) is 16.6. The molecule has 2 aromatic heterocycles. The summed E-state index contributed by atoms with van der Waals surface area (Å²) in [7, 11) is 1.61. The number of fused-ring (bicyclic) bond motifs is 1. The Labute approximate surface area is 142 Å². The summed E-state index contributed by atoms with van der Waals surface area (Å²) in [6.07, 6.45) is 1.44. The molecule has 0 amide bonds. The molecule has 0 bridgehead atoms. The molecule has 0 aliphatic rings. The van der Waals surface area contributed by atoms with Crippen molar-refractivity contribution in [3.63, 3.8) is 0 Å². The lowest BCUT2D eigenvalue weighted by atomic mass is 10.1. The Balaban J connectivity index is 2.16. The van der Waals surface area contributed by atoms with Crippen molar-refractivity contribution in [3.05, 3.63) is 80.5 Å². The van der Waals surface area contributed by atoms with E-state index in [1.807, 2.05) is 0 Å². The second-order valence-electron chi connectivity index (χ2n) is 5.61. The van der Waals surface area contributed by atoms with Gasteiger partial charge >= 0.3 is 11.2 Å². The van der Waals surface area contributed by atoms with Gasteiger partial charge in [-0.3, -0.25) is 19.3 Å². The van der Waals surface area contributed by atoms with Crippen LogP contribution in [0.25, 0.3) is 5.65 Å². The minimum Gasteiger partial charge on any atom is -0.347 e. The molecule has 0 aliphatic heterocycles. The maximum absolute atomic E-state index is 13.1. The summed E-state index contributed by atoms with van der Waals surface area (Å²) in [6, 6.07) is 10.4. The first-order valence-electron chi connectivity index (χ1n) is 7.54. The van der Waals surface area contributed by atoms with Crippen LogP contribution in [0, 0.1) is 15.9 Å². The van der Waals surface area contributed by atoms with Crippen LogP contribution < -0.4 is 10.5 Å². The van der Waals surface area contributed by atoms with Crippen molar-refractivity contribution in [3.8, 4) is 0 Å². The van der Waals surface area contributed by atoms with Crippen molar-refractivity contribution in [1.82, 2.24) is 9.38 Å². The predicted molar refractivity (Wildman–Crippen MR) is 91.3 cm³/mol. The van der Waals surface area contributed by atoms with E-state index < -0.39 is 16.2 Å². The first-order chi connectivity index (χ1) is 11.9. The lowest BCUT2D eigenvalue weighted by Gasteiger charge is -2.26. The maximum Gasteiger partial charge on any atom is 0.376 e. The molecular formula is C17H15FN4O3. The highest BCUT2D eigenvalue weighted by molar-refractivity contribution is 5.62. The van der Waals surface area contributed by atoms with Gasteiger partial charge in [-0.25, -0.2) is 9.37 Å². The second-order valence-corrected chi connectivity index (χ2v) is 5.61. The average Bonchev–Trinajstić information content (AvgIpc) is 2.60. The largest absolute Gasteiger partial charge is 0.376 e. The molecule has 7 nitrogen and oxygen atoms in total. The van der Waals surface area contributed by atoms with E-state index in [1.54, 1.807) is 49.2 Å². The quantitative estimate of drug-likeness (QED) is 0.538. The highest BCUT2D eigenvalue weighted by Gasteiger charge is 2.28. The number of pyridine rings is 1. The molecule has 0 fully saturated rings. The molecule has 128 valence electrons. The van der Waals surface area contributed by atoms with Crippen LogP contribution in [0.15, 0.2) is 53.5 Å². The molecule has 2 heterocycles. The molecule has 1 atom stereocenters. The van der Waals surface area contributed by atoms with Crippen molar-refractivity contribution in [1.29, 1.82) is 0 Å². The summed E-state index contributed by atoms with van der Waals surface area (Å²) in [5, 5.41) is 11.5. The fraction of sp³-hybridized carbons (Fsp3) is 0.176. The van der Waals surface area contributed by atoms with Crippen LogP contribution in [0.3, 0.4) is 0 Å².